The minimum Gasteiger partial charge on any atom is -0.465 e. The molecule has 0 atom stereocenters. The second-order valence-corrected chi connectivity index (χ2v) is 9.97. The van der Waals surface area contributed by atoms with Gasteiger partial charge in [-0.05, 0) is 70.0 Å². The predicted octanol–water partition coefficient (Wildman–Crippen LogP) is 4.77. The van der Waals surface area contributed by atoms with Crippen molar-refractivity contribution < 1.29 is 28.3 Å². The molecule has 0 bridgehead atoms. The van der Waals surface area contributed by atoms with E-state index < -0.39 is 23.2 Å². The van der Waals surface area contributed by atoms with Crippen molar-refractivity contribution in [3.05, 3.63) is 71.5 Å². The summed E-state index contributed by atoms with van der Waals surface area (Å²) < 4.78 is 16.0. The lowest BCUT2D eigenvalue weighted by Gasteiger charge is -2.39. The molecule has 1 aliphatic rings. The molecule has 0 unspecified atom stereocenters. The van der Waals surface area contributed by atoms with Gasteiger partial charge in [0.1, 0.15) is 16.7 Å². The fraction of sp³-hybridized carbons (Fsp3) is 0.345. The topological polar surface area (TPSA) is 98.1 Å². The summed E-state index contributed by atoms with van der Waals surface area (Å²) in [4.78, 5) is 39.2. The van der Waals surface area contributed by atoms with Crippen molar-refractivity contribution in [1.29, 1.82) is 0 Å². The molecule has 0 spiro atoms. The number of amides is 2. The Morgan fingerprint density at radius 2 is 1.70 bits per heavy atom. The van der Waals surface area contributed by atoms with Crippen molar-refractivity contribution in [2.75, 3.05) is 20.2 Å². The van der Waals surface area contributed by atoms with Crippen LogP contribution in [0, 0.1) is 11.8 Å². The summed E-state index contributed by atoms with van der Waals surface area (Å²) in [5.74, 6) is 5.75. The number of carbonyl (C=O) groups is 3. The highest BCUT2D eigenvalue weighted by atomic mass is 16.6. The second kappa shape index (κ2) is 10.4. The molecule has 4 rings (SSSR count). The quantitative estimate of drug-likeness (QED) is 0.409. The van der Waals surface area contributed by atoms with Crippen LogP contribution in [0.1, 0.15) is 60.1 Å². The van der Waals surface area contributed by atoms with Crippen molar-refractivity contribution >= 4 is 28.9 Å². The number of furan rings is 1. The smallest absolute Gasteiger partial charge is 0.410 e. The molecule has 0 aliphatic carbocycles. The Labute approximate surface area is 215 Å². The van der Waals surface area contributed by atoms with E-state index in [2.05, 4.69) is 17.2 Å². The first-order valence-electron chi connectivity index (χ1n) is 12.1. The standard InChI is InChI=1S/C29H30N2O6/c1-28(2,3)37-27(34)31-17-15-29(16-18-31,14-13-20-9-11-21(12-10-20)26(33)35-4)30-25(32)24-19-22-7-5-6-8-23(22)36-24/h5-12,19H,15-18H2,1-4H3,(H,30,32). The van der Waals surface area contributed by atoms with E-state index in [1.807, 2.05) is 39.0 Å². The monoisotopic (exact) mass is 502 g/mol. The highest BCUT2D eigenvalue weighted by Crippen LogP contribution is 2.26. The maximum absolute atomic E-state index is 13.2. The molecule has 37 heavy (non-hydrogen) atoms. The van der Waals surface area contributed by atoms with Gasteiger partial charge in [0.15, 0.2) is 5.76 Å². The largest absolute Gasteiger partial charge is 0.465 e. The molecular weight excluding hydrogens is 472 g/mol. The Hall–Kier alpha value is -4.25. The summed E-state index contributed by atoms with van der Waals surface area (Å²) in [6.45, 7) is 6.20. The maximum atomic E-state index is 13.2. The summed E-state index contributed by atoms with van der Waals surface area (Å²) >= 11 is 0. The lowest BCUT2D eigenvalue weighted by Crippen LogP contribution is -2.56. The fourth-order valence-electron chi connectivity index (χ4n) is 4.05. The van der Waals surface area contributed by atoms with Crippen molar-refractivity contribution in [3.8, 4) is 11.8 Å². The maximum Gasteiger partial charge on any atom is 0.410 e. The van der Waals surface area contributed by atoms with Gasteiger partial charge < -0.3 is 24.1 Å². The molecule has 0 saturated carbocycles. The van der Waals surface area contributed by atoms with Crippen LogP contribution in [0.5, 0.6) is 0 Å². The van der Waals surface area contributed by atoms with E-state index in [-0.39, 0.29) is 11.7 Å². The zero-order valence-corrected chi connectivity index (χ0v) is 21.4. The zero-order chi connectivity index (χ0) is 26.6. The average Bonchev–Trinajstić information content (AvgIpc) is 3.31. The van der Waals surface area contributed by atoms with Gasteiger partial charge in [-0.15, -0.1) is 0 Å². The molecule has 1 aromatic heterocycles. The lowest BCUT2D eigenvalue weighted by molar-refractivity contribution is 0.0177. The van der Waals surface area contributed by atoms with Gasteiger partial charge in [0, 0.05) is 24.0 Å². The number of methoxy groups -OCH3 is 1. The third kappa shape index (κ3) is 6.31. The summed E-state index contributed by atoms with van der Waals surface area (Å²) in [6.07, 6.45) is 0.424. The lowest BCUT2D eigenvalue weighted by atomic mass is 9.87. The van der Waals surface area contributed by atoms with Gasteiger partial charge in [-0.3, -0.25) is 4.79 Å². The van der Waals surface area contributed by atoms with Gasteiger partial charge in [-0.1, -0.05) is 30.0 Å². The molecule has 1 fully saturated rings. The van der Waals surface area contributed by atoms with E-state index in [0.717, 1.165) is 5.39 Å². The third-order valence-electron chi connectivity index (χ3n) is 6.02. The number of ether oxygens (including phenoxy) is 2. The van der Waals surface area contributed by atoms with Crippen LogP contribution in [0.15, 0.2) is 59.0 Å². The molecule has 192 valence electrons. The molecule has 2 amide bonds. The van der Waals surface area contributed by atoms with Crippen molar-refractivity contribution in [2.24, 2.45) is 0 Å². The number of carbonyl (C=O) groups excluding carboxylic acids is 3. The highest BCUT2D eigenvalue weighted by Gasteiger charge is 2.38. The van der Waals surface area contributed by atoms with Crippen LogP contribution in [-0.2, 0) is 9.47 Å². The number of hydrogen-bond acceptors (Lipinski definition) is 6. The van der Waals surface area contributed by atoms with Crippen LogP contribution in [0.4, 0.5) is 4.79 Å². The minimum absolute atomic E-state index is 0.194. The number of rotatable bonds is 3. The number of benzene rings is 2. The Bertz CT molecular complexity index is 1330. The number of fused-ring (bicyclic) bond motifs is 1. The van der Waals surface area contributed by atoms with Crippen molar-refractivity contribution in [3.63, 3.8) is 0 Å². The number of esters is 1. The van der Waals surface area contributed by atoms with E-state index in [4.69, 9.17) is 13.9 Å². The normalized spacial score (nSPS) is 14.9. The van der Waals surface area contributed by atoms with Crippen LogP contribution in [0.3, 0.4) is 0 Å². The molecule has 1 aliphatic heterocycles. The number of nitrogens with zero attached hydrogens (tertiary/aromatic N) is 1. The number of piperidine rings is 1. The average molecular weight is 503 g/mol. The number of nitrogens with one attached hydrogen (secondary N) is 1. The second-order valence-electron chi connectivity index (χ2n) is 9.97. The molecular formula is C29H30N2O6. The first kappa shape index (κ1) is 25.8. The summed E-state index contributed by atoms with van der Waals surface area (Å²) in [5, 5.41) is 3.90. The summed E-state index contributed by atoms with van der Waals surface area (Å²) in [6, 6.07) is 15.8. The molecule has 1 N–H and O–H groups in total. The third-order valence-corrected chi connectivity index (χ3v) is 6.02. The predicted molar refractivity (Wildman–Crippen MR) is 138 cm³/mol. The Kier molecular flexibility index (Phi) is 7.25. The van der Waals surface area contributed by atoms with Crippen LogP contribution in [-0.4, -0.2) is 54.2 Å². The van der Waals surface area contributed by atoms with Gasteiger partial charge in [-0.25, -0.2) is 9.59 Å². The molecule has 8 heteroatoms. The van der Waals surface area contributed by atoms with Gasteiger partial charge in [-0.2, -0.15) is 0 Å². The Morgan fingerprint density at radius 3 is 2.32 bits per heavy atom. The first-order chi connectivity index (χ1) is 17.6. The van der Waals surface area contributed by atoms with Crippen LogP contribution >= 0.6 is 0 Å². The molecule has 8 nitrogen and oxygen atoms in total. The fourth-order valence-corrected chi connectivity index (χ4v) is 4.05. The molecule has 0 radical (unpaired) electrons. The van der Waals surface area contributed by atoms with Gasteiger partial charge in [0.25, 0.3) is 5.91 Å². The number of likely N-dealkylation sites (tertiary alicyclic amines) is 1. The van der Waals surface area contributed by atoms with E-state index in [1.165, 1.54) is 7.11 Å². The van der Waals surface area contributed by atoms with E-state index in [1.54, 1.807) is 41.3 Å². The highest BCUT2D eigenvalue weighted by molar-refractivity contribution is 5.96. The van der Waals surface area contributed by atoms with E-state index >= 15 is 0 Å². The van der Waals surface area contributed by atoms with E-state index in [0.29, 0.717) is 42.6 Å². The van der Waals surface area contributed by atoms with Gasteiger partial charge >= 0.3 is 12.1 Å². The Morgan fingerprint density at radius 1 is 1.03 bits per heavy atom. The molecule has 1 saturated heterocycles. The SMILES string of the molecule is COC(=O)c1ccc(C#CC2(NC(=O)c3cc4ccccc4o3)CCN(C(=O)OC(C)(C)C)CC2)cc1. The molecule has 2 aromatic carbocycles. The first-order valence-corrected chi connectivity index (χ1v) is 12.1. The number of para-hydroxylation sites is 1. The molecule has 2 heterocycles. The van der Waals surface area contributed by atoms with Crippen LogP contribution in [0.25, 0.3) is 11.0 Å². The van der Waals surface area contributed by atoms with E-state index in [9.17, 15) is 14.4 Å². The summed E-state index contributed by atoms with van der Waals surface area (Å²) in [5.41, 5.74) is 0.233. The number of hydrogen-bond donors (Lipinski definition) is 1. The van der Waals surface area contributed by atoms with Gasteiger partial charge in [0.2, 0.25) is 0 Å². The summed E-state index contributed by atoms with van der Waals surface area (Å²) in [7, 11) is 1.33. The van der Waals surface area contributed by atoms with Crippen molar-refractivity contribution in [2.45, 2.75) is 44.8 Å². The zero-order valence-electron chi connectivity index (χ0n) is 21.4. The van der Waals surface area contributed by atoms with Crippen molar-refractivity contribution in [1.82, 2.24) is 10.2 Å². The van der Waals surface area contributed by atoms with Gasteiger partial charge in [0.05, 0.1) is 12.7 Å². The van der Waals surface area contributed by atoms with Crippen LogP contribution < -0.4 is 5.32 Å². The molecule has 3 aromatic rings. The van der Waals surface area contributed by atoms with Crippen LogP contribution in [0.2, 0.25) is 0 Å². The Balaban J connectivity index is 1.57. The minimum atomic E-state index is -0.893.